The summed E-state index contributed by atoms with van der Waals surface area (Å²) in [5.74, 6) is 0. The molecule has 0 aliphatic carbocycles. The maximum Gasteiger partial charge on any atom is 0.328 e. The number of ether oxygens (including phenoxy) is 1. The molecule has 0 fully saturated rings. The fraction of sp³-hybridized carbons (Fsp3) is 0.333. The Morgan fingerprint density at radius 3 is 3.00 bits per heavy atom. The standard InChI is InChI=1S/C9H10N2O3S/c12-5-6-1-2-8(14-6)11-4-3-7(15)10-9(11)13/h1-4,6,8,12H,5H2,(H,10,13,15)/t6-,8+/m0/s1. The van der Waals surface area contributed by atoms with E-state index >= 15 is 0 Å². The number of aliphatic hydroxyl groups excluding tert-OH is 1. The minimum absolute atomic E-state index is 0.0927. The SMILES string of the molecule is O=c1[nH]c(=S)ccn1[C@H]1C=C[C@@H](CO)O1. The number of nitrogens with one attached hydrogen (secondary N) is 1. The molecule has 15 heavy (non-hydrogen) atoms. The first kappa shape index (κ1) is 10.3. The molecule has 0 spiro atoms. The van der Waals surface area contributed by atoms with E-state index in [4.69, 9.17) is 22.1 Å². The third-order valence-corrected chi connectivity index (χ3v) is 2.35. The third-order valence-electron chi connectivity index (χ3n) is 2.11. The summed E-state index contributed by atoms with van der Waals surface area (Å²) < 4.78 is 7.13. The Kier molecular flexibility index (Phi) is 2.81. The number of aromatic amines is 1. The van der Waals surface area contributed by atoms with Gasteiger partial charge < -0.3 is 9.84 Å². The second-order valence-corrected chi connectivity index (χ2v) is 3.59. The van der Waals surface area contributed by atoms with Crippen LogP contribution in [0.3, 0.4) is 0 Å². The zero-order valence-corrected chi connectivity index (χ0v) is 8.61. The molecule has 2 N–H and O–H groups in total. The lowest BCUT2D eigenvalue weighted by Crippen LogP contribution is -2.27. The smallest absolute Gasteiger partial charge is 0.328 e. The molecule has 1 aromatic rings. The summed E-state index contributed by atoms with van der Waals surface area (Å²) in [6.07, 6.45) is 4.19. The first-order valence-electron chi connectivity index (χ1n) is 4.47. The molecule has 0 radical (unpaired) electrons. The van der Waals surface area contributed by atoms with Crippen LogP contribution in [0.4, 0.5) is 0 Å². The van der Waals surface area contributed by atoms with E-state index < -0.39 is 6.23 Å². The summed E-state index contributed by atoms with van der Waals surface area (Å²) in [4.78, 5) is 14.0. The largest absolute Gasteiger partial charge is 0.393 e. The van der Waals surface area contributed by atoms with E-state index in [2.05, 4.69) is 4.98 Å². The summed E-state index contributed by atoms with van der Waals surface area (Å²) >= 11 is 4.81. The van der Waals surface area contributed by atoms with Crippen molar-refractivity contribution in [2.24, 2.45) is 0 Å². The number of aromatic nitrogens is 2. The fourth-order valence-electron chi connectivity index (χ4n) is 1.38. The van der Waals surface area contributed by atoms with Gasteiger partial charge >= 0.3 is 5.69 Å². The number of rotatable bonds is 2. The molecule has 2 heterocycles. The molecule has 0 amide bonds. The monoisotopic (exact) mass is 226 g/mol. The second kappa shape index (κ2) is 4.09. The van der Waals surface area contributed by atoms with Crippen LogP contribution in [-0.2, 0) is 4.74 Å². The Morgan fingerprint density at radius 1 is 1.60 bits per heavy atom. The highest BCUT2D eigenvalue weighted by Crippen LogP contribution is 2.18. The van der Waals surface area contributed by atoms with Crippen LogP contribution in [0.5, 0.6) is 0 Å². The number of hydrogen-bond donors (Lipinski definition) is 2. The molecule has 80 valence electrons. The maximum absolute atomic E-state index is 11.5. The molecule has 6 heteroatoms. The van der Waals surface area contributed by atoms with Crippen LogP contribution in [-0.4, -0.2) is 27.4 Å². The average Bonchev–Trinajstić information content (AvgIpc) is 2.66. The van der Waals surface area contributed by atoms with Crippen molar-refractivity contribution in [2.45, 2.75) is 12.3 Å². The van der Waals surface area contributed by atoms with Gasteiger partial charge in [0.1, 0.15) is 10.7 Å². The normalized spacial score (nSPS) is 24.6. The molecule has 0 bridgehead atoms. The van der Waals surface area contributed by atoms with E-state index in [0.29, 0.717) is 4.64 Å². The van der Waals surface area contributed by atoms with E-state index in [0.717, 1.165) is 0 Å². The predicted octanol–water partition coefficient (Wildman–Crippen LogP) is 0.352. The predicted molar refractivity (Wildman–Crippen MR) is 56.0 cm³/mol. The van der Waals surface area contributed by atoms with Gasteiger partial charge in [-0.25, -0.2) is 4.79 Å². The van der Waals surface area contributed by atoms with Crippen molar-refractivity contribution in [3.05, 3.63) is 39.5 Å². The van der Waals surface area contributed by atoms with E-state index in [9.17, 15) is 4.79 Å². The van der Waals surface area contributed by atoms with E-state index in [1.165, 1.54) is 4.57 Å². The minimum Gasteiger partial charge on any atom is -0.393 e. The van der Waals surface area contributed by atoms with Crippen LogP contribution in [0.25, 0.3) is 0 Å². The first-order chi connectivity index (χ1) is 7.20. The lowest BCUT2D eigenvalue weighted by molar-refractivity contribution is -0.0103. The molecule has 5 nitrogen and oxygen atoms in total. The number of aliphatic hydroxyl groups is 1. The summed E-state index contributed by atoms with van der Waals surface area (Å²) in [6, 6.07) is 1.61. The maximum atomic E-state index is 11.5. The lowest BCUT2D eigenvalue weighted by atomic mass is 10.4. The van der Waals surface area contributed by atoms with Crippen molar-refractivity contribution in [3.63, 3.8) is 0 Å². The Balaban J connectivity index is 2.29. The van der Waals surface area contributed by atoms with Gasteiger partial charge in [0.05, 0.1) is 6.61 Å². The molecule has 0 aromatic carbocycles. The van der Waals surface area contributed by atoms with E-state index in [-0.39, 0.29) is 18.4 Å². The highest BCUT2D eigenvalue weighted by molar-refractivity contribution is 7.71. The topological polar surface area (TPSA) is 67.2 Å². The molecule has 2 rings (SSSR count). The Labute approximate surface area is 90.6 Å². The number of hydrogen-bond acceptors (Lipinski definition) is 4. The average molecular weight is 226 g/mol. The van der Waals surface area contributed by atoms with E-state index in [1.54, 1.807) is 24.4 Å². The van der Waals surface area contributed by atoms with Crippen molar-refractivity contribution >= 4 is 12.2 Å². The van der Waals surface area contributed by atoms with Gasteiger partial charge in [0.25, 0.3) is 0 Å². The Hall–Kier alpha value is -1.24. The van der Waals surface area contributed by atoms with Gasteiger partial charge in [-0.3, -0.25) is 9.55 Å². The Morgan fingerprint density at radius 2 is 2.40 bits per heavy atom. The first-order valence-corrected chi connectivity index (χ1v) is 4.87. The molecular formula is C9H10N2O3S. The van der Waals surface area contributed by atoms with E-state index in [1.807, 2.05) is 0 Å². The fourth-order valence-corrected chi connectivity index (χ4v) is 1.53. The van der Waals surface area contributed by atoms with Crippen molar-refractivity contribution in [2.75, 3.05) is 6.61 Å². The van der Waals surface area contributed by atoms with Crippen LogP contribution in [0.15, 0.2) is 29.2 Å². The minimum atomic E-state index is -0.471. The highest BCUT2D eigenvalue weighted by atomic mass is 32.1. The summed E-state index contributed by atoms with van der Waals surface area (Å²) in [5, 5.41) is 8.86. The van der Waals surface area contributed by atoms with Crippen molar-refractivity contribution in [1.82, 2.24) is 9.55 Å². The van der Waals surface area contributed by atoms with Gasteiger partial charge in [0, 0.05) is 6.20 Å². The van der Waals surface area contributed by atoms with Crippen molar-refractivity contribution in [3.8, 4) is 0 Å². The number of H-pyrrole nitrogens is 1. The van der Waals surface area contributed by atoms with Crippen molar-refractivity contribution in [1.29, 1.82) is 0 Å². The van der Waals surface area contributed by atoms with Gasteiger partial charge in [0.2, 0.25) is 0 Å². The molecule has 1 aromatic heterocycles. The summed E-state index contributed by atoms with van der Waals surface area (Å²) in [6.45, 7) is -0.0927. The number of nitrogens with zero attached hydrogens (tertiary/aromatic N) is 1. The Bertz CT molecular complexity index is 491. The zero-order chi connectivity index (χ0) is 10.8. The van der Waals surface area contributed by atoms with Gasteiger partial charge in [-0.05, 0) is 12.1 Å². The molecule has 2 atom stereocenters. The van der Waals surface area contributed by atoms with Gasteiger partial charge in [-0.15, -0.1) is 0 Å². The molecule has 0 unspecified atom stereocenters. The van der Waals surface area contributed by atoms with Crippen LogP contribution >= 0.6 is 12.2 Å². The van der Waals surface area contributed by atoms with Crippen LogP contribution in [0.1, 0.15) is 6.23 Å². The zero-order valence-electron chi connectivity index (χ0n) is 7.79. The summed E-state index contributed by atoms with van der Waals surface area (Å²) in [7, 11) is 0. The highest BCUT2D eigenvalue weighted by Gasteiger charge is 2.20. The van der Waals surface area contributed by atoms with Gasteiger partial charge in [0.15, 0.2) is 6.23 Å². The molecule has 0 saturated carbocycles. The molecule has 1 aliphatic heterocycles. The molecule has 1 aliphatic rings. The molecular weight excluding hydrogens is 216 g/mol. The third kappa shape index (κ3) is 2.06. The van der Waals surface area contributed by atoms with Crippen molar-refractivity contribution < 1.29 is 9.84 Å². The second-order valence-electron chi connectivity index (χ2n) is 3.15. The van der Waals surface area contributed by atoms with Crippen LogP contribution in [0, 0.1) is 4.64 Å². The van der Waals surface area contributed by atoms with Crippen LogP contribution in [0.2, 0.25) is 0 Å². The van der Waals surface area contributed by atoms with Gasteiger partial charge in [-0.1, -0.05) is 18.3 Å². The lowest BCUT2D eigenvalue weighted by Gasteiger charge is -2.14. The molecule has 0 saturated heterocycles. The van der Waals surface area contributed by atoms with Crippen LogP contribution < -0.4 is 5.69 Å². The summed E-state index contributed by atoms with van der Waals surface area (Å²) in [5.41, 5.74) is -0.323. The van der Waals surface area contributed by atoms with Gasteiger partial charge in [-0.2, -0.15) is 0 Å². The quantitative estimate of drug-likeness (QED) is 0.564.